The molecule has 0 bridgehead atoms. The summed E-state index contributed by atoms with van der Waals surface area (Å²) in [5.41, 5.74) is 3.68. The van der Waals surface area contributed by atoms with Gasteiger partial charge in [0.1, 0.15) is 17.1 Å². The molecule has 0 saturated carbocycles. The molecule has 0 radical (unpaired) electrons. The highest BCUT2D eigenvalue weighted by atomic mass is 28.4. The molecule has 0 spiro atoms. The second-order valence-corrected chi connectivity index (χ2v) is 19.5. The normalized spacial score (nSPS) is 15.2. The van der Waals surface area contributed by atoms with E-state index in [9.17, 15) is 4.79 Å². The highest BCUT2D eigenvalue weighted by Crippen LogP contribution is 2.38. The predicted octanol–water partition coefficient (Wildman–Crippen LogP) is 10.4. The van der Waals surface area contributed by atoms with Crippen LogP contribution in [0.3, 0.4) is 0 Å². The first-order chi connectivity index (χ1) is 20.7. The van der Waals surface area contributed by atoms with E-state index in [1.807, 2.05) is 45.0 Å². The fourth-order valence-electron chi connectivity index (χ4n) is 4.71. The molecule has 1 unspecified atom stereocenters. The minimum absolute atomic E-state index is 0.0264. The first-order valence-corrected chi connectivity index (χ1v) is 19.1. The fourth-order valence-corrected chi connectivity index (χ4v) is 6.12. The van der Waals surface area contributed by atoms with Gasteiger partial charge in [0.15, 0.2) is 15.1 Å². The summed E-state index contributed by atoms with van der Waals surface area (Å²) in [6.07, 6.45) is 6.44. The van der Waals surface area contributed by atoms with E-state index in [0.717, 1.165) is 35.3 Å². The number of esters is 1. The highest BCUT2D eigenvalue weighted by Gasteiger charge is 2.39. The minimum atomic E-state index is -1.87. The highest BCUT2D eigenvalue weighted by molar-refractivity contribution is 6.74. The van der Waals surface area contributed by atoms with Gasteiger partial charge >= 0.3 is 5.97 Å². The van der Waals surface area contributed by atoms with Gasteiger partial charge in [-0.25, -0.2) is 0 Å². The Morgan fingerprint density at radius 2 is 1.53 bits per heavy atom. The molecule has 0 N–H and O–H groups in total. The minimum Gasteiger partial charge on any atom is -0.497 e. The Hall–Kier alpha value is -2.61. The lowest BCUT2D eigenvalue weighted by Gasteiger charge is -2.39. The lowest BCUT2D eigenvalue weighted by atomic mass is 9.94. The Balaban J connectivity index is 2.88. The Morgan fingerprint density at radius 1 is 0.956 bits per heavy atom. The van der Waals surface area contributed by atoms with E-state index < -0.39 is 20.0 Å². The Labute approximate surface area is 276 Å². The van der Waals surface area contributed by atoms with E-state index in [1.165, 1.54) is 5.57 Å². The van der Waals surface area contributed by atoms with Gasteiger partial charge < -0.3 is 23.4 Å². The van der Waals surface area contributed by atoms with E-state index in [1.54, 1.807) is 7.11 Å². The zero-order chi connectivity index (χ0) is 34.6. The third-order valence-corrected chi connectivity index (χ3v) is 12.5. The van der Waals surface area contributed by atoms with E-state index in [0.29, 0.717) is 12.2 Å². The summed E-state index contributed by atoms with van der Waals surface area (Å²) >= 11 is 0. The zero-order valence-corrected chi connectivity index (χ0v) is 31.6. The van der Waals surface area contributed by atoms with Crippen molar-refractivity contribution < 1.29 is 28.2 Å². The van der Waals surface area contributed by atoms with Crippen molar-refractivity contribution in [3.8, 4) is 11.5 Å². The topological polar surface area (TPSA) is 63.2 Å². The lowest BCUT2D eigenvalue weighted by Crippen LogP contribution is -2.44. The molecule has 254 valence electrons. The number of benzene rings is 1. The molecule has 7 heteroatoms. The summed E-state index contributed by atoms with van der Waals surface area (Å²) in [6, 6.07) is 7.25. The van der Waals surface area contributed by atoms with Gasteiger partial charge in [0.05, 0.1) is 25.7 Å². The second kappa shape index (κ2) is 17.9. The number of ether oxygens (including phenoxy) is 4. The molecule has 0 aromatic heterocycles. The van der Waals surface area contributed by atoms with Crippen molar-refractivity contribution >= 4 is 14.3 Å². The number of allylic oxidation sites excluding steroid dienone is 4. The van der Waals surface area contributed by atoms with Crippen LogP contribution in [0.4, 0.5) is 0 Å². The smallest absolute Gasteiger partial charge is 0.309 e. The summed E-state index contributed by atoms with van der Waals surface area (Å²) in [6.45, 7) is 34.2. The molecule has 45 heavy (non-hydrogen) atoms. The Morgan fingerprint density at radius 3 is 2.04 bits per heavy atom. The molecule has 3 atom stereocenters. The average molecular weight is 643 g/mol. The van der Waals surface area contributed by atoms with Crippen molar-refractivity contribution in [2.24, 2.45) is 5.92 Å². The van der Waals surface area contributed by atoms with Crippen molar-refractivity contribution in [1.82, 2.24) is 0 Å². The average Bonchev–Trinajstić information content (AvgIpc) is 2.89. The van der Waals surface area contributed by atoms with Crippen LogP contribution in [0.2, 0.25) is 18.1 Å². The van der Waals surface area contributed by atoms with Gasteiger partial charge in [-0.1, -0.05) is 71.1 Å². The zero-order valence-electron chi connectivity index (χ0n) is 30.6. The molecule has 0 aliphatic carbocycles. The number of rotatable bonds is 18. The van der Waals surface area contributed by atoms with Gasteiger partial charge in [0, 0.05) is 0 Å². The molecular weight excluding hydrogens is 580 g/mol. The first kappa shape index (κ1) is 40.4. The maximum Gasteiger partial charge on any atom is 0.309 e. The first-order valence-electron chi connectivity index (χ1n) is 16.2. The summed E-state index contributed by atoms with van der Waals surface area (Å²) in [5.74, 6) is 1.32. The fraction of sp³-hybridized carbons (Fsp3) is 0.605. The van der Waals surface area contributed by atoms with Crippen LogP contribution < -0.4 is 9.47 Å². The SMILES string of the molecule is C=C(/C=C(\C)[C@@H](CC)O[Si](C)(C)C(C)(C)C)C[C@H](C)/C=C(\C)CC(=C)C(CC(=O)OC(C)(C)C)OCOc1ccc(OC)cc1. The Kier molecular flexibility index (Phi) is 16.1. The van der Waals surface area contributed by atoms with E-state index >= 15 is 0 Å². The summed E-state index contributed by atoms with van der Waals surface area (Å²) in [7, 11) is -0.257. The van der Waals surface area contributed by atoms with Crippen molar-refractivity contribution in [2.75, 3.05) is 13.9 Å². The molecule has 6 nitrogen and oxygen atoms in total. The molecule has 0 heterocycles. The van der Waals surface area contributed by atoms with Crippen molar-refractivity contribution in [1.29, 1.82) is 0 Å². The van der Waals surface area contributed by atoms with Crippen LogP contribution in [-0.2, 0) is 18.7 Å². The molecule has 0 aliphatic rings. The van der Waals surface area contributed by atoms with Gasteiger partial charge in [-0.05, 0) is 113 Å². The summed E-state index contributed by atoms with van der Waals surface area (Å²) < 4.78 is 29.3. The van der Waals surface area contributed by atoms with Gasteiger partial charge in [0.25, 0.3) is 0 Å². The maximum atomic E-state index is 12.7. The van der Waals surface area contributed by atoms with Crippen LogP contribution >= 0.6 is 0 Å². The molecule has 0 aliphatic heterocycles. The number of hydrogen-bond donors (Lipinski definition) is 0. The van der Waals surface area contributed by atoms with Gasteiger partial charge in [-0.3, -0.25) is 4.79 Å². The van der Waals surface area contributed by atoms with Crippen LogP contribution in [0.1, 0.15) is 94.9 Å². The number of carbonyl (C=O) groups excluding carboxylic acids is 1. The Bertz CT molecular complexity index is 1160. The number of hydrogen-bond acceptors (Lipinski definition) is 6. The van der Waals surface area contributed by atoms with Crippen LogP contribution in [0.5, 0.6) is 11.5 Å². The van der Waals surface area contributed by atoms with Crippen LogP contribution in [0.25, 0.3) is 0 Å². The van der Waals surface area contributed by atoms with Crippen LogP contribution in [-0.4, -0.2) is 46.0 Å². The quantitative estimate of drug-likeness (QED) is 0.0522. The van der Waals surface area contributed by atoms with Gasteiger partial charge in [-0.2, -0.15) is 0 Å². The molecule has 0 fully saturated rings. The summed E-state index contributed by atoms with van der Waals surface area (Å²) in [5, 5.41) is 0.166. The van der Waals surface area contributed by atoms with Crippen molar-refractivity contribution in [2.45, 2.75) is 131 Å². The number of carbonyl (C=O) groups is 1. The molecule has 0 amide bonds. The van der Waals surface area contributed by atoms with E-state index in [2.05, 4.69) is 86.9 Å². The molecule has 0 saturated heterocycles. The molecule has 1 aromatic rings. The summed E-state index contributed by atoms with van der Waals surface area (Å²) in [4.78, 5) is 12.7. The largest absolute Gasteiger partial charge is 0.497 e. The van der Waals surface area contributed by atoms with E-state index in [4.69, 9.17) is 23.4 Å². The van der Waals surface area contributed by atoms with Gasteiger partial charge in [-0.15, -0.1) is 0 Å². The lowest BCUT2D eigenvalue weighted by molar-refractivity contribution is -0.158. The number of methoxy groups -OCH3 is 1. The third-order valence-electron chi connectivity index (χ3n) is 7.99. The standard InChI is InChI=1S/C38H62O6Si/c1-16-34(44-45(14,15)38(10,11)12)30(5)23-28(3)21-27(2)22-29(4)24-31(6)35(25-36(39)43-37(7,8)9)42-26-41-33-19-17-32(40-13)18-20-33/h17-20,22-23,27,34-35H,3,6,16,21,24-26H2,1-2,4-5,7-15H3/b29-22+,30-23+/t27-,34+,35?/m0/s1. The molecule has 1 rings (SSSR count). The second-order valence-electron chi connectivity index (χ2n) is 14.7. The monoisotopic (exact) mass is 642 g/mol. The van der Waals surface area contributed by atoms with Crippen molar-refractivity contribution in [3.63, 3.8) is 0 Å². The van der Waals surface area contributed by atoms with Gasteiger partial charge in [0.2, 0.25) is 0 Å². The molecule has 1 aromatic carbocycles. The van der Waals surface area contributed by atoms with Crippen LogP contribution in [0.15, 0.2) is 71.9 Å². The van der Waals surface area contributed by atoms with Crippen LogP contribution in [0, 0.1) is 5.92 Å². The predicted molar refractivity (Wildman–Crippen MR) is 190 cm³/mol. The third kappa shape index (κ3) is 15.5. The maximum absolute atomic E-state index is 12.7. The molecular formula is C38H62O6Si. The van der Waals surface area contributed by atoms with Crippen molar-refractivity contribution in [3.05, 3.63) is 71.9 Å². The van der Waals surface area contributed by atoms with E-state index in [-0.39, 0.29) is 36.2 Å².